The van der Waals surface area contributed by atoms with E-state index in [1.165, 1.54) is 11.1 Å². The number of aryl methyl sites for hydroxylation is 1. The molecule has 2 bridgehead atoms. The van der Waals surface area contributed by atoms with E-state index in [9.17, 15) is 4.79 Å². The molecule has 0 aliphatic carbocycles. The second-order valence-corrected chi connectivity index (χ2v) is 10.1. The number of carbonyl (C=O) groups is 1. The van der Waals surface area contributed by atoms with Gasteiger partial charge in [0.2, 0.25) is 0 Å². The number of fused-ring (bicyclic) bond motifs is 2. The van der Waals surface area contributed by atoms with Crippen LogP contribution < -0.4 is 0 Å². The van der Waals surface area contributed by atoms with Crippen LogP contribution >= 0.6 is 0 Å². The van der Waals surface area contributed by atoms with Crippen molar-refractivity contribution in [2.24, 2.45) is 5.92 Å². The van der Waals surface area contributed by atoms with E-state index in [0.717, 1.165) is 50.5 Å². The summed E-state index contributed by atoms with van der Waals surface area (Å²) in [6, 6.07) is 8.89. The number of methoxy groups -OCH3 is 1. The van der Waals surface area contributed by atoms with Crippen LogP contribution in [-0.2, 0) is 35.6 Å². The molecule has 5 heteroatoms. The number of hydrogen-bond acceptors (Lipinski definition) is 5. The Kier molecular flexibility index (Phi) is 12.9. The maximum atomic E-state index is 12.6. The Morgan fingerprint density at radius 2 is 2.00 bits per heavy atom. The zero-order valence-electron chi connectivity index (χ0n) is 22.1. The largest absolute Gasteiger partial charge is 0.458 e. The monoisotopic (exact) mass is 474 g/mol. The third-order valence-corrected chi connectivity index (χ3v) is 6.81. The van der Waals surface area contributed by atoms with Crippen LogP contribution in [0.1, 0.15) is 83.8 Å². The minimum absolute atomic E-state index is 0.0952. The van der Waals surface area contributed by atoms with Crippen LogP contribution in [-0.4, -0.2) is 45.8 Å². The molecule has 1 aliphatic rings. The Labute approximate surface area is 207 Å². The summed E-state index contributed by atoms with van der Waals surface area (Å²) in [5.41, 5.74) is 3.97. The lowest BCUT2D eigenvalue weighted by Crippen LogP contribution is -2.22. The van der Waals surface area contributed by atoms with Gasteiger partial charge in [0, 0.05) is 19.4 Å². The minimum Gasteiger partial charge on any atom is -0.458 e. The summed E-state index contributed by atoms with van der Waals surface area (Å²) in [7, 11) is 1.65. The first-order chi connectivity index (χ1) is 16.4. The predicted molar refractivity (Wildman–Crippen MR) is 137 cm³/mol. The van der Waals surface area contributed by atoms with Crippen molar-refractivity contribution in [3.8, 4) is 0 Å². The molecule has 0 fully saturated rings. The summed E-state index contributed by atoms with van der Waals surface area (Å²) in [5.74, 6) is 0.170. The van der Waals surface area contributed by atoms with Gasteiger partial charge in [-0.2, -0.15) is 0 Å². The van der Waals surface area contributed by atoms with Crippen molar-refractivity contribution in [3.63, 3.8) is 0 Å². The van der Waals surface area contributed by atoms with Crippen LogP contribution in [0.15, 0.2) is 35.9 Å². The topological polar surface area (TPSA) is 54.0 Å². The Morgan fingerprint density at radius 1 is 1.18 bits per heavy atom. The third kappa shape index (κ3) is 10.3. The smallest absolute Gasteiger partial charge is 0.306 e. The summed E-state index contributed by atoms with van der Waals surface area (Å²) in [5, 5.41) is 0. The van der Waals surface area contributed by atoms with Gasteiger partial charge in [0.25, 0.3) is 0 Å². The first-order valence-electron chi connectivity index (χ1n) is 13.0. The van der Waals surface area contributed by atoms with E-state index in [4.69, 9.17) is 18.9 Å². The maximum absolute atomic E-state index is 12.6. The van der Waals surface area contributed by atoms with Gasteiger partial charge in [0.1, 0.15) is 12.9 Å². The first kappa shape index (κ1) is 28.5. The summed E-state index contributed by atoms with van der Waals surface area (Å²) >= 11 is 0. The van der Waals surface area contributed by atoms with Crippen LogP contribution in [0.25, 0.3) is 0 Å². The van der Waals surface area contributed by atoms with E-state index in [1.54, 1.807) is 7.11 Å². The Morgan fingerprint density at radius 3 is 2.76 bits per heavy atom. The van der Waals surface area contributed by atoms with E-state index in [-0.39, 0.29) is 30.2 Å². The van der Waals surface area contributed by atoms with Crippen molar-refractivity contribution in [3.05, 3.63) is 47.0 Å². The third-order valence-electron chi connectivity index (χ3n) is 6.81. The quantitative estimate of drug-likeness (QED) is 0.170. The number of cyclic esters (lactones) is 1. The van der Waals surface area contributed by atoms with Crippen molar-refractivity contribution in [1.82, 2.24) is 0 Å². The van der Waals surface area contributed by atoms with Crippen LogP contribution in [0.5, 0.6) is 0 Å². The number of benzene rings is 1. The van der Waals surface area contributed by atoms with Gasteiger partial charge >= 0.3 is 5.97 Å². The first-order valence-corrected chi connectivity index (χ1v) is 13.0. The van der Waals surface area contributed by atoms with Crippen LogP contribution in [0.4, 0.5) is 0 Å². The van der Waals surface area contributed by atoms with Crippen molar-refractivity contribution >= 4 is 5.97 Å². The zero-order chi connectivity index (χ0) is 24.8. The average Bonchev–Trinajstić information content (AvgIpc) is 2.82. The van der Waals surface area contributed by atoms with Gasteiger partial charge in [0.15, 0.2) is 0 Å². The molecule has 1 aromatic carbocycles. The lowest BCUT2D eigenvalue weighted by Gasteiger charge is -2.27. The van der Waals surface area contributed by atoms with E-state index < -0.39 is 0 Å². The van der Waals surface area contributed by atoms with Crippen molar-refractivity contribution in [1.29, 1.82) is 0 Å². The molecule has 0 radical (unpaired) electrons. The lowest BCUT2D eigenvalue weighted by atomic mass is 9.79. The second-order valence-electron chi connectivity index (χ2n) is 10.1. The lowest BCUT2D eigenvalue weighted by molar-refractivity contribution is -0.147. The molecule has 2 atom stereocenters. The molecule has 0 saturated heterocycles. The Hall–Kier alpha value is -1.69. The molecule has 2 rings (SSSR count). The Balaban J connectivity index is 2.00. The standard InChI is InChI=1S/C29H46O5/c1-6-24(21-33-22-32-18-17-31-5)19-23(2)27-14-7-8-16-29(3,4)26-13-9-11-25(20-26)12-10-15-28(30)34-27/h9,11,13,19-20,24,27H,6-8,10,12,14-18,21-22H2,1-5H3/b23-19-/t24?,27-/m0/s1. The molecule has 1 heterocycles. The van der Waals surface area contributed by atoms with Gasteiger partial charge in [0.05, 0.1) is 19.8 Å². The summed E-state index contributed by atoms with van der Waals surface area (Å²) < 4.78 is 22.1. The summed E-state index contributed by atoms with van der Waals surface area (Å²) in [6.45, 7) is 10.9. The fraction of sp³-hybridized carbons (Fsp3) is 0.690. The van der Waals surface area contributed by atoms with Gasteiger partial charge in [-0.15, -0.1) is 0 Å². The normalized spacial score (nSPS) is 20.9. The maximum Gasteiger partial charge on any atom is 0.306 e. The summed E-state index contributed by atoms with van der Waals surface area (Å²) in [4.78, 5) is 12.6. The molecule has 0 N–H and O–H groups in total. The number of hydrogen-bond donors (Lipinski definition) is 0. The fourth-order valence-electron chi connectivity index (χ4n) is 4.45. The molecule has 1 aliphatic heterocycles. The molecular weight excluding hydrogens is 428 g/mol. The molecule has 0 aromatic heterocycles. The van der Waals surface area contributed by atoms with E-state index in [0.29, 0.717) is 26.2 Å². The molecule has 34 heavy (non-hydrogen) atoms. The molecular formula is C29H46O5. The number of ether oxygens (including phenoxy) is 4. The highest BCUT2D eigenvalue weighted by molar-refractivity contribution is 5.69. The highest BCUT2D eigenvalue weighted by atomic mass is 16.7. The van der Waals surface area contributed by atoms with Gasteiger partial charge in [-0.25, -0.2) is 0 Å². The van der Waals surface area contributed by atoms with Crippen LogP contribution in [0.2, 0.25) is 0 Å². The fourth-order valence-corrected chi connectivity index (χ4v) is 4.45. The molecule has 0 spiro atoms. The SMILES string of the molecule is CCC(/C=C(/C)[C@@H]1CCCCC(C)(C)c2cccc(c2)CCCC(=O)O1)COCOCCOC. The van der Waals surface area contributed by atoms with Crippen molar-refractivity contribution in [2.45, 2.75) is 90.6 Å². The van der Waals surface area contributed by atoms with Crippen LogP contribution in [0, 0.1) is 5.92 Å². The van der Waals surface area contributed by atoms with Gasteiger partial charge < -0.3 is 18.9 Å². The molecule has 5 nitrogen and oxygen atoms in total. The molecule has 192 valence electrons. The highest BCUT2D eigenvalue weighted by Crippen LogP contribution is 2.31. The molecule has 0 amide bonds. The number of rotatable bonds is 10. The predicted octanol–water partition coefficient (Wildman–Crippen LogP) is 6.38. The molecule has 0 saturated carbocycles. The van der Waals surface area contributed by atoms with Gasteiger partial charge in [-0.05, 0) is 67.6 Å². The van der Waals surface area contributed by atoms with Gasteiger partial charge in [-0.3, -0.25) is 4.79 Å². The number of carbonyl (C=O) groups excluding carboxylic acids is 1. The average molecular weight is 475 g/mol. The second kappa shape index (κ2) is 15.3. The van der Waals surface area contributed by atoms with E-state index in [1.807, 2.05) is 0 Å². The van der Waals surface area contributed by atoms with Crippen molar-refractivity contribution in [2.75, 3.05) is 33.7 Å². The van der Waals surface area contributed by atoms with E-state index >= 15 is 0 Å². The molecule has 1 aromatic rings. The van der Waals surface area contributed by atoms with Crippen LogP contribution in [0.3, 0.4) is 0 Å². The molecule has 1 unspecified atom stereocenters. The van der Waals surface area contributed by atoms with Gasteiger partial charge in [-0.1, -0.05) is 57.5 Å². The highest BCUT2D eigenvalue weighted by Gasteiger charge is 2.23. The minimum atomic E-state index is -0.164. The summed E-state index contributed by atoms with van der Waals surface area (Å²) in [6.07, 6.45) is 9.32. The Bertz CT molecular complexity index is 755. The zero-order valence-corrected chi connectivity index (χ0v) is 22.1. The number of esters is 1. The van der Waals surface area contributed by atoms with E-state index in [2.05, 4.69) is 58.0 Å². The van der Waals surface area contributed by atoms with Crippen molar-refractivity contribution < 1.29 is 23.7 Å².